The number of ether oxygens (including phenoxy) is 2. The van der Waals surface area contributed by atoms with E-state index in [0.29, 0.717) is 64.5 Å². The van der Waals surface area contributed by atoms with E-state index in [1.54, 1.807) is 30.3 Å². The van der Waals surface area contributed by atoms with Gasteiger partial charge in [0.25, 0.3) is 5.91 Å². The molecular formula is C27H41FN6O4. The van der Waals surface area contributed by atoms with Crippen molar-refractivity contribution < 1.29 is 23.5 Å². The molecule has 2 fully saturated rings. The van der Waals surface area contributed by atoms with Gasteiger partial charge in [0, 0.05) is 52.0 Å². The van der Waals surface area contributed by atoms with Gasteiger partial charge in [0.15, 0.2) is 6.04 Å². The molecule has 210 valence electrons. The SMILES string of the molecule is COCCCCC1C(C(=O)N(C(C)C)[C@@H]2CNC[C@H](C(=O)N3CCOCC3)C2)N=NN1c1ccccc1F. The van der Waals surface area contributed by atoms with Crippen LogP contribution in [0.3, 0.4) is 0 Å². The first-order valence-corrected chi connectivity index (χ1v) is 13.7. The maximum Gasteiger partial charge on any atom is 0.252 e. The monoisotopic (exact) mass is 532 g/mol. The molecule has 1 N–H and O–H groups in total. The summed E-state index contributed by atoms with van der Waals surface area (Å²) in [5.41, 5.74) is 0.315. The molecule has 3 aliphatic heterocycles. The molecule has 0 aromatic heterocycles. The van der Waals surface area contributed by atoms with Gasteiger partial charge in [-0.1, -0.05) is 17.4 Å². The van der Waals surface area contributed by atoms with Crippen molar-refractivity contribution >= 4 is 17.5 Å². The van der Waals surface area contributed by atoms with Crippen LogP contribution in [0.25, 0.3) is 0 Å². The lowest BCUT2D eigenvalue weighted by Gasteiger charge is -2.42. The summed E-state index contributed by atoms with van der Waals surface area (Å²) >= 11 is 0. The number of morpholine rings is 1. The zero-order valence-electron chi connectivity index (χ0n) is 22.7. The number of hydrogen-bond donors (Lipinski definition) is 1. The second-order valence-corrected chi connectivity index (χ2v) is 10.5. The van der Waals surface area contributed by atoms with Crippen molar-refractivity contribution in [3.8, 4) is 0 Å². The second-order valence-electron chi connectivity index (χ2n) is 10.5. The number of para-hydroxylation sites is 1. The molecule has 1 aromatic carbocycles. The summed E-state index contributed by atoms with van der Waals surface area (Å²) in [5, 5.41) is 13.6. The number of carbonyl (C=O) groups is 2. The Morgan fingerprint density at radius 3 is 2.68 bits per heavy atom. The molecule has 0 radical (unpaired) electrons. The molecule has 0 bridgehead atoms. The van der Waals surface area contributed by atoms with E-state index in [9.17, 15) is 14.0 Å². The lowest BCUT2D eigenvalue weighted by atomic mass is 9.91. The van der Waals surface area contributed by atoms with Crippen LogP contribution in [0.5, 0.6) is 0 Å². The largest absolute Gasteiger partial charge is 0.385 e. The summed E-state index contributed by atoms with van der Waals surface area (Å²) in [6, 6.07) is 5.03. The van der Waals surface area contributed by atoms with Crippen LogP contribution in [0.4, 0.5) is 10.1 Å². The fourth-order valence-corrected chi connectivity index (χ4v) is 5.72. The van der Waals surface area contributed by atoms with Crippen molar-refractivity contribution in [3.05, 3.63) is 30.1 Å². The second kappa shape index (κ2) is 13.4. The summed E-state index contributed by atoms with van der Waals surface area (Å²) in [5.74, 6) is -0.622. The molecule has 4 atom stereocenters. The number of carbonyl (C=O) groups excluding carboxylic acids is 2. The maximum atomic E-state index is 14.7. The third kappa shape index (κ3) is 6.50. The Morgan fingerprint density at radius 2 is 1.97 bits per heavy atom. The number of nitrogens with one attached hydrogen (secondary N) is 1. The number of benzene rings is 1. The Balaban J connectivity index is 1.51. The number of hydrogen-bond acceptors (Lipinski definition) is 8. The van der Waals surface area contributed by atoms with Gasteiger partial charge in [0.2, 0.25) is 5.91 Å². The number of rotatable bonds is 10. The van der Waals surface area contributed by atoms with Crippen molar-refractivity contribution in [1.82, 2.24) is 15.1 Å². The predicted octanol–water partition coefficient (Wildman–Crippen LogP) is 2.64. The van der Waals surface area contributed by atoms with Gasteiger partial charge in [0.05, 0.1) is 30.9 Å². The number of halogens is 1. The quantitative estimate of drug-likeness (QED) is 0.465. The van der Waals surface area contributed by atoms with Gasteiger partial charge in [-0.25, -0.2) is 9.40 Å². The van der Waals surface area contributed by atoms with Crippen molar-refractivity contribution in [2.24, 2.45) is 16.3 Å². The lowest BCUT2D eigenvalue weighted by Crippen LogP contribution is -2.59. The highest BCUT2D eigenvalue weighted by molar-refractivity contribution is 5.85. The maximum absolute atomic E-state index is 14.7. The zero-order valence-corrected chi connectivity index (χ0v) is 22.7. The third-order valence-electron chi connectivity index (χ3n) is 7.61. The molecule has 1 aromatic rings. The highest BCUT2D eigenvalue weighted by atomic mass is 19.1. The van der Waals surface area contributed by atoms with E-state index < -0.39 is 17.9 Å². The first-order chi connectivity index (χ1) is 18.4. The molecule has 4 rings (SSSR count). The molecule has 2 amide bonds. The summed E-state index contributed by atoms with van der Waals surface area (Å²) in [4.78, 5) is 31.1. The summed E-state index contributed by atoms with van der Waals surface area (Å²) in [6.07, 6.45) is 2.83. The Kier molecular flexibility index (Phi) is 10.0. The van der Waals surface area contributed by atoms with E-state index in [-0.39, 0.29) is 29.8 Å². The smallest absolute Gasteiger partial charge is 0.252 e. The minimum Gasteiger partial charge on any atom is -0.385 e. The standard InChI is InChI=1S/C27H41FN6O4/c1-19(2)33(21-16-20(17-29-18-21)26(35)32-11-14-38-15-12-32)27(36)25-24(10-6-7-13-37-3)34(31-30-25)23-9-5-4-8-22(23)28/h4-5,8-9,19-21,24-25,29H,6-7,10-18H2,1-3H3/t20-,21+,24?,25?/m1/s1. The Hall–Kier alpha value is -2.63. The highest BCUT2D eigenvalue weighted by Crippen LogP contribution is 2.33. The van der Waals surface area contributed by atoms with Gasteiger partial charge in [-0.15, -0.1) is 0 Å². The van der Waals surface area contributed by atoms with Crippen LogP contribution in [0.1, 0.15) is 39.5 Å². The number of unbranched alkanes of at least 4 members (excludes halogenated alkanes) is 1. The number of amides is 2. The average molecular weight is 533 g/mol. The molecule has 3 heterocycles. The molecule has 38 heavy (non-hydrogen) atoms. The van der Waals surface area contributed by atoms with Crippen molar-refractivity contribution in [2.45, 2.75) is 63.7 Å². The Morgan fingerprint density at radius 1 is 1.21 bits per heavy atom. The lowest BCUT2D eigenvalue weighted by molar-refractivity contribution is -0.144. The van der Waals surface area contributed by atoms with Crippen LogP contribution >= 0.6 is 0 Å². The Bertz CT molecular complexity index is 973. The van der Waals surface area contributed by atoms with E-state index in [0.717, 1.165) is 12.8 Å². The van der Waals surface area contributed by atoms with E-state index >= 15 is 0 Å². The van der Waals surface area contributed by atoms with Crippen LogP contribution in [-0.2, 0) is 19.1 Å². The highest BCUT2D eigenvalue weighted by Gasteiger charge is 2.44. The number of piperidine rings is 1. The van der Waals surface area contributed by atoms with Gasteiger partial charge in [-0.2, -0.15) is 5.11 Å². The summed E-state index contributed by atoms with van der Waals surface area (Å²) < 4.78 is 25.3. The third-order valence-corrected chi connectivity index (χ3v) is 7.61. The van der Waals surface area contributed by atoms with Crippen LogP contribution in [0.2, 0.25) is 0 Å². The normalized spacial score (nSPS) is 25.7. The van der Waals surface area contributed by atoms with Gasteiger partial charge in [-0.3, -0.25) is 9.59 Å². The van der Waals surface area contributed by atoms with Crippen LogP contribution in [0, 0.1) is 11.7 Å². The van der Waals surface area contributed by atoms with Crippen molar-refractivity contribution in [2.75, 3.05) is 58.1 Å². The molecule has 11 heteroatoms. The van der Waals surface area contributed by atoms with Gasteiger partial charge < -0.3 is 24.6 Å². The van der Waals surface area contributed by atoms with E-state index in [2.05, 4.69) is 15.7 Å². The molecule has 10 nitrogen and oxygen atoms in total. The Labute approximate surface area is 224 Å². The average Bonchev–Trinajstić information content (AvgIpc) is 3.35. The molecule has 0 saturated carbocycles. The first-order valence-electron chi connectivity index (χ1n) is 13.7. The van der Waals surface area contributed by atoms with Gasteiger partial charge in [0.1, 0.15) is 5.82 Å². The molecule has 2 unspecified atom stereocenters. The van der Waals surface area contributed by atoms with E-state index in [4.69, 9.17) is 9.47 Å². The van der Waals surface area contributed by atoms with E-state index in [1.807, 2.05) is 23.6 Å². The van der Waals surface area contributed by atoms with Crippen molar-refractivity contribution in [1.29, 1.82) is 0 Å². The topological polar surface area (TPSA) is 99.1 Å². The fraction of sp³-hybridized carbons (Fsp3) is 0.704. The molecule has 0 spiro atoms. The summed E-state index contributed by atoms with van der Waals surface area (Å²) in [7, 11) is 1.66. The number of nitrogens with zero attached hydrogens (tertiary/aromatic N) is 5. The van der Waals surface area contributed by atoms with Crippen LogP contribution < -0.4 is 10.3 Å². The summed E-state index contributed by atoms with van der Waals surface area (Å²) in [6.45, 7) is 8.11. The van der Waals surface area contributed by atoms with Gasteiger partial charge in [-0.05, 0) is 51.7 Å². The molecule has 0 aliphatic carbocycles. The van der Waals surface area contributed by atoms with Crippen LogP contribution in [-0.4, -0.2) is 98.9 Å². The zero-order chi connectivity index (χ0) is 27.1. The minimum atomic E-state index is -0.755. The van der Waals surface area contributed by atoms with Crippen LogP contribution in [0.15, 0.2) is 34.6 Å². The minimum absolute atomic E-state index is 0.0987. The van der Waals surface area contributed by atoms with E-state index in [1.165, 1.54) is 6.07 Å². The number of methoxy groups -OCH3 is 1. The molecular weight excluding hydrogens is 491 g/mol. The first kappa shape index (κ1) is 28.4. The van der Waals surface area contributed by atoms with Gasteiger partial charge >= 0.3 is 0 Å². The van der Waals surface area contributed by atoms with Crippen molar-refractivity contribution in [3.63, 3.8) is 0 Å². The predicted molar refractivity (Wildman–Crippen MR) is 141 cm³/mol. The molecule has 2 saturated heterocycles. The number of anilines is 1. The fourth-order valence-electron chi connectivity index (χ4n) is 5.72. The molecule has 3 aliphatic rings.